The van der Waals surface area contributed by atoms with Crippen LogP contribution in [0.15, 0.2) is 29.0 Å². The van der Waals surface area contributed by atoms with Crippen molar-refractivity contribution in [2.45, 2.75) is 43.7 Å². The number of phenolic OH excluding ortho intramolecular Hbond substituents is 1. The summed E-state index contributed by atoms with van der Waals surface area (Å²) in [6.07, 6.45) is 3.45. The summed E-state index contributed by atoms with van der Waals surface area (Å²) in [5.41, 5.74) is 3.13. The van der Waals surface area contributed by atoms with Crippen LogP contribution in [-0.4, -0.2) is 81.6 Å². The number of Topliss-reactive ketones (excluding diaryl/α,β-unsaturated/α-hetero) is 2. The summed E-state index contributed by atoms with van der Waals surface area (Å²) in [6.45, 7) is 1.53. The van der Waals surface area contributed by atoms with Crippen LogP contribution < -0.4 is 10.6 Å². The summed E-state index contributed by atoms with van der Waals surface area (Å²) in [6, 6.07) is 2.56. The third-order valence-electron chi connectivity index (χ3n) is 8.27. The van der Waals surface area contributed by atoms with Crippen molar-refractivity contribution in [3.05, 3.63) is 40.2 Å². The van der Waals surface area contributed by atoms with Gasteiger partial charge in [0.05, 0.1) is 17.3 Å². The first-order valence-electron chi connectivity index (χ1n) is 12.2. The molecular weight excluding hydrogens is 466 g/mol. The summed E-state index contributed by atoms with van der Waals surface area (Å²) in [7, 11) is 3.15. The maximum Gasteiger partial charge on any atom is 0.255 e. The van der Waals surface area contributed by atoms with Crippen LogP contribution in [-0.2, 0) is 20.8 Å². The van der Waals surface area contributed by atoms with Gasteiger partial charge < -0.3 is 31.1 Å². The zero-order valence-corrected chi connectivity index (χ0v) is 20.3. The van der Waals surface area contributed by atoms with Gasteiger partial charge in [-0.1, -0.05) is 6.07 Å². The molecule has 36 heavy (non-hydrogen) atoms. The minimum absolute atomic E-state index is 0.0837. The molecule has 2 fully saturated rings. The van der Waals surface area contributed by atoms with Gasteiger partial charge in [-0.05, 0) is 63.7 Å². The standard InChI is InChI=1S/C26H31N3O7/c1-28(2)19-14-11-13-10-12-6-7-15(29-8-4-3-5-9-29)20(30)16(12)21(31)17(13)23(33)26(14,36)24(34)18(22(19)32)25(27)35/h6-7,13-14,19,30-31,34,36H,3-5,8-11H2,1-2H3,(H2,27,35)/t13-,14-,19-,26-/m0/s1. The lowest BCUT2D eigenvalue weighted by molar-refractivity contribution is -0.153. The largest absolute Gasteiger partial charge is 0.508 e. The summed E-state index contributed by atoms with van der Waals surface area (Å²) >= 11 is 0. The van der Waals surface area contributed by atoms with E-state index in [-0.39, 0.29) is 23.3 Å². The van der Waals surface area contributed by atoms with Gasteiger partial charge in [0.25, 0.3) is 5.91 Å². The Morgan fingerprint density at radius 3 is 2.39 bits per heavy atom. The first-order valence-corrected chi connectivity index (χ1v) is 12.2. The van der Waals surface area contributed by atoms with Crippen LogP contribution in [0.4, 0.5) is 5.69 Å². The van der Waals surface area contributed by atoms with Crippen LogP contribution in [0, 0.1) is 11.8 Å². The van der Waals surface area contributed by atoms with Crippen LogP contribution in [0.3, 0.4) is 0 Å². The highest BCUT2D eigenvalue weighted by Crippen LogP contribution is 2.53. The lowest BCUT2D eigenvalue weighted by Crippen LogP contribution is -2.65. The fourth-order valence-electron chi connectivity index (χ4n) is 6.60. The molecule has 1 aliphatic heterocycles. The molecule has 0 bridgehead atoms. The number of likely N-dealkylation sites (N-methyl/N-ethyl adjacent to an activating group) is 1. The molecule has 0 spiro atoms. The Morgan fingerprint density at radius 2 is 1.78 bits per heavy atom. The number of rotatable bonds is 3. The van der Waals surface area contributed by atoms with Crippen molar-refractivity contribution in [3.63, 3.8) is 0 Å². The minimum atomic E-state index is -2.62. The van der Waals surface area contributed by atoms with Crippen LogP contribution in [0.2, 0.25) is 0 Å². The fourth-order valence-corrected chi connectivity index (χ4v) is 6.60. The van der Waals surface area contributed by atoms with Crippen molar-refractivity contribution in [2.24, 2.45) is 17.6 Å². The van der Waals surface area contributed by atoms with E-state index >= 15 is 0 Å². The summed E-state index contributed by atoms with van der Waals surface area (Å²) in [5.74, 6) is -6.31. The average molecular weight is 498 g/mol. The number of phenols is 1. The van der Waals surface area contributed by atoms with E-state index in [2.05, 4.69) is 0 Å². The van der Waals surface area contributed by atoms with Gasteiger partial charge >= 0.3 is 0 Å². The monoisotopic (exact) mass is 497 g/mol. The molecule has 1 saturated carbocycles. The molecule has 10 heteroatoms. The number of benzene rings is 1. The van der Waals surface area contributed by atoms with E-state index in [0.717, 1.165) is 32.4 Å². The fraction of sp³-hybridized carbons (Fsp3) is 0.500. The van der Waals surface area contributed by atoms with Crippen LogP contribution in [0.25, 0.3) is 5.76 Å². The third kappa shape index (κ3) is 3.20. The number of anilines is 1. The first-order chi connectivity index (χ1) is 17.0. The Bertz CT molecular complexity index is 1240. The van der Waals surface area contributed by atoms with Crippen molar-refractivity contribution >= 4 is 28.9 Å². The second-order valence-electron chi connectivity index (χ2n) is 10.5. The Morgan fingerprint density at radius 1 is 1.11 bits per heavy atom. The topological polar surface area (TPSA) is 165 Å². The lowest BCUT2D eigenvalue weighted by Gasteiger charge is -2.50. The van der Waals surface area contributed by atoms with Gasteiger partial charge in [0.1, 0.15) is 22.8 Å². The number of carbonyl (C=O) groups excluding carboxylic acids is 3. The molecule has 1 saturated heterocycles. The molecule has 0 aromatic heterocycles. The van der Waals surface area contributed by atoms with E-state index in [4.69, 9.17) is 5.73 Å². The van der Waals surface area contributed by atoms with Gasteiger partial charge in [-0.3, -0.25) is 19.3 Å². The number of hydrogen-bond acceptors (Lipinski definition) is 9. The van der Waals surface area contributed by atoms with Crippen molar-refractivity contribution in [2.75, 3.05) is 32.1 Å². The molecule has 1 amide bonds. The number of primary amides is 1. The lowest BCUT2D eigenvalue weighted by atomic mass is 9.57. The number of nitrogens with zero attached hydrogens (tertiary/aromatic N) is 2. The molecule has 0 radical (unpaired) electrons. The number of carbonyl (C=O) groups is 3. The van der Waals surface area contributed by atoms with Gasteiger partial charge in [-0.2, -0.15) is 0 Å². The molecule has 0 unspecified atom stereocenters. The SMILES string of the molecule is CN(C)[C@@H]1C(=O)C(C(N)=O)=C(O)[C@@]2(O)C(=O)C3=C(O)c4c(ccc(N5CCCCC5)c4O)C[C@H]3C[C@@H]12. The molecule has 5 rings (SSSR count). The molecule has 3 aliphatic carbocycles. The van der Waals surface area contributed by atoms with E-state index in [0.29, 0.717) is 17.7 Å². The maximum absolute atomic E-state index is 13.9. The van der Waals surface area contributed by atoms with Crippen molar-refractivity contribution in [3.8, 4) is 5.75 Å². The van der Waals surface area contributed by atoms with E-state index in [1.54, 1.807) is 14.1 Å². The number of fused-ring (bicyclic) bond motifs is 3. The second kappa shape index (κ2) is 8.35. The van der Waals surface area contributed by atoms with Crippen molar-refractivity contribution in [1.82, 2.24) is 4.90 Å². The molecule has 6 N–H and O–H groups in total. The molecule has 1 aromatic carbocycles. The highest BCUT2D eigenvalue weighted by Gasteiger charge is 2.64. The number of hydrogen-bond donors (Lipinski definition) is 5. The second-order valence-corrected chi connectivity index (χ2v) is 10.5. The maximum atomic E-state index is 13.9. The molecule has 192 valence electrons. The Kier molecular flexibility index (Phi) is 5.64. The number of ketones is 2. The molecule has 4 aliphatic rings. The molecular formula is C26H31N3O7. The van der Waals surface area contributed by atoms with E-state index in [1.807, 2.05) is 17.0 Å². The van der Waals surface area contributed by atoms with Crippen LogP contribution in [0.5, 0.6) is 5.75 Å². The average Bonchev–Trinajstić information content (AvgIpc) is 2.81. The Hall–Kier alpha value is -3.37. The smallest absolute Gasteiger partial charge is 0.255 e. The number of piperidine rings is 1. The summed E-state index contributed by atoms with van der Waals surface area (Å²) < 4.78 is 0. The normalized spacial score (nSPS) is 30.3. The Labute approximate surface area is 208 Å². The van der Waals surface area contributed by atoms with Gasteiger partial charge in [0.15, 0.2) is 11.4 Å². The zero-order chi connectivity index (χ0) is 26.1. The van der Waals surface area contributed by atoms with Gasteiger partial charge in [-0.15, -0.1) is 0 Å². The molecule has 1 aromatic rings. The summed E-state index contributed by atoms with van der Waals surface area (Å²) in [5, 5.41) is 45.0. The van der Waals surface area contributed by atoms with Crippen LogP contribution >= 0.6 is 0 Å². The number of aliphatic hydroxyl groups is 3. The Balaban J connectivity index is 1.67. The highest BCUT2D eigenvalue weighted by atomic mass is 16.3. The quantitative estimate of drug-likeness (QED) is 0.382. The number of nitrogens with two attached hydrogens (primary N) is 1. The number of amides is 1. The third-order valence-corrected chi connectivity index (χ3v) is 8.27. The van der Waals surface area contributed by atoms with Crippen LogP contribution in [0.1, 0.15) is 36.8 Å². The van der Waals surface area contributed by atoms with Gasteiger partial charge in [0.2, 0.25) is 5.78 Å². The molecule has 1 heterocycles. The first kappa shape index (κ1) is 24.3. The zero-order valence-electron chi connectivity index (χ0n) is 20.3. The molecule has 4 atom stereocenters. The van der Waals surface area contributed by atoms with Crippen molar-refractivity contribution in [1.29, 1.82) is 0 Å². The van der Waals surface area contributed by atoms with Gasteiger partial charge in [-0.25, -0.2) is 0 Å². The van der Waals surface area contributed by atoms with E-state index < -0.39 is 58.0 Å². The molecule has 10 nitrogen and oxygen atoms in total. The number of aliphatic hydroxyl groups excluding tert-OH is 2. The predicted molar refractivity (Wildman–Crippen MR) is 130 cm³/mol. The minimum Gasteiger partial charge on any atom is -0.508 e. The number of aromatic hydroxyl groups is 1. The highest BCUT2D eigenvalue weighted by molar-refractivity contribution is 6.24. The van der Waals surface area contributed by atoms with Crippen molar-refractivity contribution < 1.29 is 34.8 Å². The van der Waals surface area contributed by atoms with Gasteiger partial charge in [0, 0.05) is 24.6 Å². The summed E-state index contributed by atoms with van der Waals surface area (Å²) in [4.78, 5) is 42.5. The predicted octanol–water partition coefficient (Wildman–Crippen LogP) is 0.954. The van der Waals surface area contributed by atoms with E-state index in [9.17, 15) is 34.8 Å². The van der Waals surface area contributed by atoms with E-state index in [1.165, 1.54) is 4.90 Å².